The molecule has 1 heterocycles. The number of rotatable bonds is 0. The van der Waals surface area contributed by atoms with Crippen LogP contribution in [-0.4, -0.2) is 0 Å². The second-order valence-corrected chi connectivity index (χ2v) is 5.87. The normalized spacial score (nSPS) is 12.0. The first kappa shape index (κ1) is 11.4. The topological polar surface area (TPSA) is 0 Å². The Labute approximate surface area is 115 Å². The molecule has 0 fully saturated rings. The minimum absolute atomic E-state index is 1.05. The van der Waals surface area contributed by atoms with E-state index in [9.17, 15) is 0 Å². The summed E-state index contributed by atoms with van der Waals surface area (Å²) in [6.07, 6.45) is 0. The maximum atomic E-state index is 3.11. The average Bonchev–Trinajstić information content (AvgIpc) is 2.44. The molecule has 0 unspecified atom stereocenters. The average molecular weight is 264 g/mol. The summed E-state index contributed by atoms with van der Waals surface area (Å²) in [4.78, 5) is 2.38. The molecular weight excluding hydrogens is 256 g/mol. The first-order valence-corrected chi connectivity index (χ1v) is 7.63. The maximum Gasteiger partial charge on any atom is 0.0400 e. The minimum atomic E-state index is 1.05. The van der Waals surface area contributed by atoms with Crippen molar-refractivity contribution < 1.29 is 0 Å². The summed E-state index contributed by atoms with van der Waals surface area (Å²) in [6, 6.07) is 16.3. The maximum absolute atomic E-state index is 3.11. The Hall–Kier alpha value is -1.74. The van der Waals surface area contributed by atoms with Crippen LogP contribution in [0, 0.1) is 23.7 Å². The summed E-state index contributed by atoms with van der Waals surface area (Å²) in [5.41, 5.74) is 2.09. The van der Waals surface area contributed by atoms with Crippen LogP contribution >= 0.6 is 21.6 Å². The monoisotopic (exact) mass is 264 g/mol. The van der Waals surface area contributed by atoms with Gasteiger partial charge in [-0.3, -0.25) is 0 Å². The highest BCUT2D eigenvalue weighted by molar-refractivity contribution is 8.76. The highest BCUT2D eigenvalue weighted by Crippen LogP contribution is 2.40. The van der Waals surface area contributed by atoms with Crippen molar-refractivity contribution in [1.82, 2.24) is 0 Å². The zero-order valence-electron chi connectivity index (χ0n) is 9.44. The Morgan fingerprint density at radius 3 is 1.56 bits per heavy atom. The molecule has 1 aliphatic rings. The lowest BCUT2D eigenvalue weighted by atomic mass is 10.2. The van der Waals surface area contributed by atoms with Crippen molar-refractivity contribution in [1.29, 1.82) is 0 Å². The molecule has 18 heavy (non-hydrogen) atoms. The fraction of sp³-hybridized carbons (Fsp3) is 0. The van der Waals surface area contributed by atoms with Gasteiger partial charge in [0, 0.05) is 20.9 Å². The smallest absolute Gasteiger partial charge is 0.0400 e. The molecule has 2 aromatic rings. The van der Waals surface area contributed by atoms with Crippen molar-refractivity contribution in [3.8, 4) is 23.7 Å². The van der Waals surface area contributed by atoms with Gasteiger partial charge >= 0.3 is 0 Å². The molecule has 3 rings (SSSR count). The molecule has 2 aromatic carbocycles. The third kappa shape index (κ3) is 2.41. The summed E-state index contributed by atoms with van der Waals surface area (Å²) in [7, 11) is 3.47. The van der Waals surface area contributed by atoms with E-state index in [1.54, 1.807) is 21.6 Å². The van der Waals surface area contributed by atoms with Gasteiger partial charge in [0.15, 0.2) is 0 Å². The van der Waals surface area contributed by atoms with Gasteiger partial charge < -0.3 is 0 Å². The van der Waals surface area contributed by atoms with Gasteiger partial charge in [-0.15, -0.1) is 0 Å². The quantitative estimate of drug-likeness (QED) is 0.516. The van der Waals surface area contributed by atoms with Crippen molar-refractivity contribution in [2.45, 2.75) is 9.79 Å². The highest BCUT2D eigenvalue weighted by atomic mass is 33.1. The van der Waals surface area contributed by atoms with E-state index in [1.165, 1.54) is 9.79 Å². The molecule has 0 radical (unpaired) electrons. The van der Waals surface area contributed by atoms with E-state index in [-0.39, 0.29) is 0 Å². The fourth-order valence-corrected chi connectivity index (χ4v) is 3.85. The van der Waals surface area contributed by atoms with Gasteiger partial charge in [-0.1, -0.05) is 57.7 Å². The number of hydrogen-bond donors (Lipinski definition) is 0. The van der Waals surface area contributed by atoms with Crippen LogP contribution in [0.1, 0.15) is 11.1 Å². The van der Waals surface area contributed by atoms with E-state index in [1.807, 2.05) is 36.4 Å². The Morgan fingerprint density at radius 1 is 0.611 bits per heavy atom. The SMILES string of the molecule is C1#Cc2ccccc2SSc2ccccc2C#C1. The molecule has 0 saturated carbocycles. The molecule has 0 saturated heterocycles. The van der Waals surface area contributed by atoms with Gasteiger partial charge in [0.05, 0.1) is 0 Å². The van der Waals surface area contributed by atoms with Crippen molar-refractivity contribution in [3.05, 3.63) is 59.7 Å². The Balaban J connectivity index is 2.10. The number of fused-ring (bicyclic) bond motifs is 2. The van der Waals surface area contributed by atoms with E-state index < -0.39 is 0 Å². The van der Waals surface area contributed by atoms with Crippen molar-refractivity contribution in [2.75, 3.05) is 0 Å². The van der Waals surface area contributed by atoms with E-state index in [2.05, 4.69) is 35.8 Å². The first-order chi connectivity index (χ1) is 8.93. The van der Waals surface area contributed by atoms with Crippen LogP contribution in [0.2, 0.25) is 0 Å². The van der Waals surface area contributed by atoms with Gasteiger partial charge in [0.2, 0.25) is 0 Å². The predicted molar refractivity (Wildman–Crippen MR) is 78.4 cm³/mol. The molecule has 2 heteroatoms. The lowest BCUT2D eigenvalue weighted by Gasteiger charge is -2.06. The van der Waals surface area contributed by atoms with E-state index >= 15 is 0 Å². The van der Waals surface area contributed by atoms with Gasteiger partial charge in [0.25, 0.3) is 0 Å². The molecule has 0 atom stereocenters. The zero-order valence-corrected chi connectivity index (χ0v) is 11.1. The summed E-state index contributed by atoms with van der Waals surface area (Å²) < 4.78 is 0. The zero-order chi connectivity index (χ0) is 12.2. The van der Waals surface area contributed by atoms with Gasteiger partial charge in [0.1, 0.15) is 0 Å². The third-order valence-corrected chi connectivity index (χ3v) is 4.93. The first-order valence-electron chi connectivity index (χ1n) is 5.48. The molecule has 1 aliphatic heterocycles. The minimum Gasteiger partial charge on any atom is -0.0610 e. The van der Waals surface area contributed by atoms with E-state index in [0.717, 1.165) is 11.1 Å². The van der Waals surface area contributed by atoms with Crippen molar-refractivity contribution in [2.24, 2.45) is 0 Å². The molecule has 84 valence electrons. The summed E-state index contributed by atoms with van der Waals surface area (Å²) in [5.74, 6) is 12.0. The summed E-state index contributed by atoms with van der Waals surface area (Å²) in [6.45, 7) is 0. The van der Waals surface area contributed by atoms with Crippen LogP contribution in [0.15, 0.2) is 58.3 Å². The van der Waals surface area contributed by atoms with E-state index in [0.29, 0.717) is 0 Å². The molecular formula is C16H8S2. The van der Waals surface area contributed by atoms with Crippen LogP contribution in [0.4, 0.5) is 0 Å². The molecule has 0 aliphatic carbocycles. The van der Waals surface area contributed by atoms with Crippen LogP contribution in [0.5, 0.6) is 0 Å². The lowest BCUT2D eigenvalue weighted by Crippen LogP contribution is -1.82. The third-order valence-electron chi connectivity index (χ3n) is 2.45. The predicted octanol–water partition coefficient (Wildman–Crippen LogP) is 4.20. The lowest BCUT2D eigenvalue weighted by molar-refractivity contribution is 1.41. The molecule has 0 nitrogen and oxygen atoms in total. The number of benzene rings is 2. The number of hydrogen-bond acceptors (Lipinski definition) is 2. The van der Waals surface area contributed by atoms with Crippen LogP contribution in [0.25, 0.3) is 0 Å². The Kier molecular flexibility index (Phi) is 3.33. The van der Waals surface area contributed by atoms with Crippen LogP contribution in [-0.2, 0) is 0 Å². The summed E-state index contributed by atoms with van der Waals surface area (Å²) in [5, 5.41) is 0. The van der Waals surface area contributed by atoms with Gasteiger partial charge in [-0.25, -0.2) is 0 Å². The summed E-state index contributed by atoms with van der Waals surface area (Å²) >= 11 is 0. The fourth-order valence-electron chi connectivity index (χ4n) is 1.57. The van der Waals surface area contributed by atoms with Gasteiger partial charge in [-0.05, 0) is 36.1 Å². The molecule has 0 bridgehead atoms. The Bertz CT molecular complexity index is 645. The molecule has 0 aromatic heterocycles. The van der Waals surface area contributed by atoms with E-state index in [4.69, 9.17) is 0 Å². The van der Waals surface area contributed by atoms with Crippen molar-refractivity contribution in [3.63, 3.8) is 0 Å². The van der Waals surface area contributed by atoms with Crippen LogP contribution < -0.4 is 0 Å². The second-order valence-electron chi connectivity index (χ2n) is 3.66. The second kappa shape index (κ2) is 5.27. The Morgan fingerprint density at radius 2 is 1.06 bits per heavy atom. The molecule has 0 N–H and O–H groups in total. The standard InChI is InChI=1S/C16H8S2/c1-2-8-14-10-4-6-12-16(14)18-17-15-11-5-3-9-13(15)7-1/h3-6,9-12H. The molecule has 0 spiro atoms. The largest absolute Gasteiger partial charge is 0.0610 e. The highest BCUT2D eigenvalue weighted by Gasteiger charge is 2.05. The van der Waals surface area contributed by atoms with Gasteiger partial charge in [-0.2, -0.15) is 0 Å². The van der Waals surface area contributed by atoms with Crippen LogP contribution in [0.3, 0.4) is 0 Å². The van der Waals surface area contributed by atoms with Crippen molar-refractivity contribution >= 4 is 21.6 Å². The molecule has 0 amide bonds.